The first-order valence-corrected chi connectivity index (χ1v) is 4.54. The predicted octanol–water partition coefficient (Wildman–Crippen LogP) is 1.92. The van der Waals surface area contributed by atoms with Crippen molar-refractivity contribution >= 4 is 16.9 Å². The first-order chi connectivity index (χ1) is 7.09. The molecule has 15 heavy (non-hydrogen) atoms. The maximum absolute atomic E-state index is 11.8. The Morgan fingerprint density at radius 1 is 1.40 bits per heavy atom. The molecule has 1 heterocycles. The van der Waals surface area contributed by atoms with E-state index in [1.54, 1.807) is 25.1 Å². The Morgan fingerprint density at radius 2 is 2.07 bits per heavy atom. The molecule has 0 aliphatic rings. The molecule has 1 N–H and O–H groups in total. The van der Waals surface area contributed by atoms with Crippen LogP contribution in [0.3, 0.4) is 0 Å². The lowest BCUT2D eigenvalue weighted by molar-refractivity contribution is -0.0849. The average Bonchev–Trinajstić information content (AvgIpc) is 2.17. The highest BCUT2D eigenvalue weighted by Gasteiger charge is 2.19. The predicted molar refractivity (Wildman–Crippen MR) is 51.8 cm³/mol. The van der Waals surface area contributed by atoms with Gasteiger partial charge < -0.3 is 5.21 Å². The Bertz CT molecular complexity index is 482. The number of ketones is 1. The Labute approximate surface area is 85.8 Å². The van der Waals surface area contributed by atoms with Crippen LogP contribution in [0.5, 0.6) is 0 Å². The second kappa shape index (κ2) is 3.52. The summed E-state index contributed by atoms with van der Waals surface area (Å²) in [6, 6.07) is 4.32. The minimum Gasteiger partial charge on any atom is -0.314 e. The second-order valence-corrected chi connectivity index (χ2v) is 3.44. The van der Waals surface area contributed by atoms with E-state index in [1.165, 1.54) is 7.05 Å². The molecule has 0 fully saturated rings. The molecule has 0 radical (unpaired) electrons. The van der Waals surface area contributed by atoms with Gasteiger partial charge in [0.05, 0.1) is 6.04 Å². The summed E-state index contributed by atoms with van der Waals surface area (Å²) in [7, 11) is 1.43. The molecule has 0 bridgehead atoms. The summed E-state index contributed by atoms with van der Waals surface area (Å²) in [6.45, 7) is 1.62. The van der Waals surface area contributed by atoms with Gasteiger partial charge in [0.1, 0.15) is 0 Å². The van der Waals surface area contributed by atoms with Crippen LogP contribution in [0.4, 0.5) is 0 Å². The van der Waals surface area contributed by atoms with Gasteiger partial charge in [0, 0.05) is 18.7 Å². The molecule has 1 aromatic carbocycles. The van der Waals surface area contributed by atoms with Gasteiger partial charge >= 0.3 is 0 Å². The number of Topliss-reactive ketones (excluding diaryl/α,β-unsaturated/α-hetero) is 1. The molecule has 5 nitrogen and oxygen atoms in total. The van der Waals surface area contributed by atoms with E-state index in [2.05, 4.69) is 9.15 Å². The summed E-state index contributed by atoms with van der Waals surface area (Å²) in [4.78, 5) is 11.8. The third-order valence-corrected chi connectivity index (χ3v) is 2.39. The Morgan fingerprint density at radius 3 is 2.53 bits per heavy atom. The smallest absolute Gasteiger partial charge is 0.226 e. The summed E-state index contributed by atoms with van der Waals surface area (Å²) in [5.74, 6) is -0.168. The quantitative estimate of drug-likeness (QED) is 0.475. The summed E-state index contributed by atoms with van der Waals surface area (Å²) < 4.78 is 9.33. The number of hydroxylamine groups is 2. The molecule has 2 rings (SSSR count). The van der Waals surface area contributed by atoms with Crippen molar-refractivity contribution in [3.63, 3.8) is 0 Å². The molecule has 0 unspecified atom stereocenters. The molecule has 0 saturated carbocycles. The van der Waals surface area contributed by atoms with Crippen LogP contribution in [0.1, 0.15) is 17.3 Å². The van der Waals surface area contributed by atoms with E-state index in [1.807, 2.05) is 0 Å². The minimum atomic E-state index is -0.580. The van der Waals surface area contributed by atoms with Crippen LogP contribution >= 0.6 is 0 Å². The second-order valence-electron chi connectivity index (χ2n) is 3.44. The molecule has 0 saturated heterocycles. The van der Waals surface area contributed by atoms with Gasteiger partial charge in [-0.2, -0.15) is 5.06 Å². The van der Waals surface area contributed by atoms with Crippen molar-refractivity contribution in [2.75, 3.05) is 7.05 Å². The van der Waals surface area contributed by atoms with Crippen LogP contribution in [0, 0.1) is 0 Å². The van der Waals surface area contributed by atoms with E-state index >= 15 is 0 Å². The van der Waals surface area contributed by atoms with Crippen molar-refractivity contribution in [3.8, 4) is 0 Å². The van der Waals surface area contributed by atoms with E-state index in [0.29, 0.717) is 16.7 Å². The maximum atomic E-state index is 11.8. The highest BCUT2D eigenvalue weighted by atomic mass is 17.0. The van der Waals surface area contributed by atoms with Crippen molar-refractivity contribution in [1.82, 2.24) is 5.06 Å². The largest absolute Gasteiger partial charge is 0.314 e. The molecule has 0 spiro atoms. The molecule has 1 atom stereocenters. The van der Waals surface area contributed by atoms with Crippen LogP contribution in [0.2, 0.25) is 0 Å². The number of benzene rings is 1. The van der Waals surface area contributed by atoms with Gasteiger partial charge in [-0.1, -0.05) is 0 Å². The molecular weight excluding hydrogens is 198 g/mol. The van der Waals surface area contributed by atoms with Gasteiger partial charge in [0.2, 0.25) is 11.2 Å². The van der Waals surface area contributed by atoms with Crippen LogP contribution in [0.25, 0.3) is 11.2 Å². The fourth-order valence-electron chi connectivity index (χ4n) is 1.26. The summed E-state index contributed by atoms with van der Waals surface area (Å²) in [5, 5.41) is 10.0. The first kappa shape index (κ1) is 9.95. The van der Waals surface area contributed by atoms with Gasteiger partial charge in [-0.15, -0.1) is 0 Å². The van der Waals surface area contributed by atoms with Crippen molar-refractivity contribution in [2.24, 2.45) is 0 Å². The minimum absolute atomic E-state index is 0.168. The topological polar surface area (TPSA) is 66.8 Å². The monoisotopic (exact) mass is 209 g/mol. The molecule has 0 amide bonds. The van der Waals surface area contributed by atoms with Crippen molar-refractivity contribution < 1.29 is 19.2 Å². The molecule has 1 aromatic heterocycles. The Balaban J connectivity index is 2.28. The zero-order valence-electron chi connectivity index (χ0n) is 8.43. The van der Waals surface area contributed by atoms with E-state index in [-0.39, 0.29) is 5.78 Å². The Hall–Kier alpha value is -1.59. The summed E-state index contributed by atoms with van der Waals surface area (Å²) >= 11 is 0. The number of fused-ring (bicyclic) bond motifs is 1. The van der Waals surface area contributed by atoms with E-state index < -0.39 is 6.04 Å². The van der Waals surface area contributed by atoms with Gasteiger partial charge in [-0.05, 0) is 19.1 Å². The van der Waals surface area contributed by atoms with Crippen LogP contribution in [0.15, 0.2) is 27.4 Å². The fourth-order valence-corrected chi connectivity index (χ4v) is 1.26. The molecule has 0 aliphatic carbocycles. The first-order valence-electron chi connectivity index (χ1n) is 4.54. The summed E-state index contributed by atoms with van der Waals surface area (Å²) in [6.07, 6.45) is 0. The number of hydrogen-bond donors (Lipinski definition) is 1. The average molecular weight is 209 g/mol. The van der Waals surface area contributed by atoms with Gasteiger partial charge in [0.25, 0.3) is 0 Å². The molecular formula is C10H11NO4. The SMILES string of the molecule is C[C@H](C(=O)c1ccc2ooc2c1)N(C)O. The lowest BCUT2D eigenvalue weighted by Crippen LogP contribution is -2.33. The fraction of sp³-hybridized carbons (Fsp3) is 0.300. The van der Waals surface area contributed by atoms with Crippen molar-refractivity contribution in [2.45, 2.75) is 13.0 Å². The summed E-state index contributed by atoms with van der Waals surface area (Å²) in [5.41, 5.74) is 1.66. The highest BCUT2D eigenvalue weighted by molar-refractivity contribution is 6.01. The lowest BCUT2D eigenvalue weighted by atomic mass is 10.1. The number of hydrogen-bond acceptors (Lipinski definition) is 5. The number of rotatable bonds is 3. The van der Waals surface area contributed by atoms with E-state index in [9.17, 15) is 4.79 Å². The van der Waals surface area contributed by atoms with Gasteiger partial charge in [-0.3, -0.25) is 13.9 Å². The zero-order chi connectivity index (χ0) is 11.0. The standard InChI is InChI=1S/C10H11NO4/c1-6(11(2)13)10(12)7-3-4-8-9(5-7)15-14-8/h3-6,13H,1-2H3/t6-/m1/s1. The molecule has 2 aromatic rings. The van der Waals surface area contributed by atoms with Crippen LogP contribution < -0.4 is 0 Å². The number of carbonyl (C=O) groups excluding carboxylic acids is 1. The maximum Gasteiger partial charge on any atom is 0.226 e. The molecule has 80 valence electrons. The molecule has 5 heteroatoms. The van der Waals surface area contributed by atoms with Crippen LogP contribution in [-0.2, 0) is 0 Å². The van der Waals surface area contributed by atoms with Crippen molar-refractivity contribution in [1.29, 1.82) is 0 Å². The van der Waals surface area contributed by atoms with Crippen molar-refractivity contribution in [3.05, 3.63) is 23.8 Å². The molecule has 0 aliphatic heterocycles. The van der Waals surface area contributed by atoms with Crippen LogP contribution in [-0.4, -0.2) is 29.1 Å². The number of nitrogens with zero attached hydrogens (tertiary/aromatic N) is 1. The Kier molecular flexibility index (Phi) is 2.34. The van der Waals surface area contributed by atoms with E-state index in [0.717, 1.165) is 5.06 Å². The normalized spacial score (nSPS) is 13.6. The third kappa shape index (κ3) is 1.67. The zero-order valence-corrected chi connectivity index (χ0v) is 8.43. The van der Waals surface area contributed by atoms with E-state index in [4.69, 9.17) is 5.21 Å². The third-order valence-electron chi connectivity index (χ3n) is 2.39. The highest BCUT2D eigenvalue weighted by Crippen LogP contribution is 2.20. The van der Waals surface area contributed by atoms with Gasteiger partial charge in [-0.25, -0.2) is 0 Å². The number of likely N-dealkylation sites (N-methyl/N-ethyl adjacent to an activating group) is 1. The lowest BCUT2D eigenvalue weighted by Gasteiger charge is -2.16. The van der Waals surface area contributed by atoms with Gasteiger partial charge in [0.15, 0.2) is 5.78 Å². The number of carbonyl (C=O) groups is 1.